The molecule has 7 aromatic rings. The van der Waals surface area contributed by atoms with Gasteiger partial charge in [0.25, 0.3) is 0 Å². The summed E-state index contributed by atoms with van der Waals surface area (Å²) in [6.45, 7) is 2.36. The fourth-order valence-corrected chi connectivity index (χ4v) is 10.0. The summed E-state index contributed by atoms with van der Waals surface area (Å²) in [5, 5.41) is 13.6. The summed E-state index contributed by atoms with van der Waals surface area (Å²) in [5.74, 6) is 0.577. The molecule has 3 atom stereocenters. The molecule has 2 aromatic heterocycles. The average molecular weight is 649 g/mol. The van der Waals surface area contributed by atoms with Gasteiger partial charge in [-0.05, 0) is 78.1 Å². The van der Waals surface area contributed by atoms with E-state index >= 15 is 0 Å². The second-order valence-electron chi connectivity index (χ2n) is 13.4. The summed E-state index contributed by atoms with van der Waals surface area (Å²) in [7, 11) is 0. The molecule has 0 saturated heterocycles. The van der Waals surface area contributed by atoms with Gasteiger partial charge in [-0.1, -0.05) is 85.8 Å². The third kappa shape index (κ3) is 3.95. The summed E-state index contributed by atoms with van der Waals surface area (Å²) >= 11 is 1.90. The van der Waals surface area contributed by atoms with Gasteiger partial charge in [-0.3, -0.25) is 0 Å². The maximum atomic E-state index is 9.73. The van der Waals surface area contributed by atoms with Gasteiger partial charge in [0.1, 0.15) is 0 Å². The second kappa shape index (κ2) is 10.6. The highest BCUT2D eigenvalue weighted by Crippen LogP contribution is 2.54. The lowest BCUT2D eigenvalue weighted by molar-refractivity contribution is 0.745. The Balaban J connectivity index is 1.24. The number of rotatable bonds is 3. The lowest BCUT2D eigenvalue weighted by Crippen LogP contribution is -2.29. The standard InChI is InChI=1S/C44H32N4S/c1-26-10-7-18-37-40(26)42-39(47(37)28-11-3-2-4-12-28)23-21-31-30-14-8-15-32(43(30)49-44(31)42)41-34(46)16-9-19-38(41)48-35-17-6-5-13-29(35)33-24-27(25-45)20-22-36(33)48/h2-9,11-24,26,29,35H,10,46H2,1H3. The molecule has 1 aliphatic heterocycles. The van der Waals surface area contributed by atoms with Crippen LogP contribution in [0.25, 0.3) is 54.0 Å². The Bertz CT molecular complexity index is 2650. The molecule has 4 nitrogen and oxygen atoms in total. The monoisotopic (exact) mass is 648 g/mol. The zero-order valence-corrected chi connectivity index (χ0v) is 27.8. The molecule has 10 rings (SSSR count). The molecule has 0 saturated carbocycles. The molecule has 234 valence electrons. The van der Waals surface area contributed by atoms with E-state index in [0.29, 0.717) is 11.5 Å². The largest absolute Gasteiger partial charge is 0.398 e. The van der Waals surface area contributed by atoms with Crippen LogP contribution >= 0.6 is 11.3 Å². The number of nitrogens with two attached hydrogens (primary N) is 1. The summed E-state index contributed by atoms with van der Waals surface area (Å²) in [6, 6.07) is 36.9. The van der Waals surface area contributed by atoms with Crippen LogP contribution < -0.4 is 10.6 Å². The van der Waals surface area contributed by atoms with Crippen LogP contribution in [0.5, 0.6) is 0 Å². The van der Waals surface area contributed by atoms with Gasteiger partial charge in [-0.25, -0.2) is 0 Å². The number of nitrogens with zero attached hydrogens (tertiary/aromatic N) is 3. The van der Waals surface area contributed by atoms with Gasteiger partial charge >= 0.3 is 0 Å². The first-order valence-corrected chi connectivity index (χ1v) is 17.8. The second-order valence-corrected chi connectivity index (χ2v) is 14.4. The quantitative estimate of drug-likeness (QED) is 0.194. The van der Waals surface area contributed by atoms with Crippen LogP contribution in [0.2, 0.25) is 0 Å². The van der Waals surface area contributed by atoms with Crippen molar-refractivity contribution in [2.24, 2.45) is 0 Å². The molecule has 0 amide bonds. The number of allylic oxidation sites excluding steroid dienone is 3. The molecule has 3 heterocycles. The minimum absolute atomic E-state index is 0.0922. The molecule has 2 aliphatic carbocycles. The Morgan fingerprint density at radius 1 is 0.837 bits per heavy atom. The van der Waals surface area contributed by atoms with Crippen molar-refractivity contribution in [3.8, 4) is 22.9 Å². The first-order valence-electron chi connectivity index (χ1n) is 16.9. The molecule has 3 aliphatic rings. The highest BCUT2D eigenvalue weighted by molar-refractivity contribution is 7.27. The van der Waals surface area contributed by atoms with Gasteiger partial charge < -0.3 is 15.2 Å². The van der Waals surface area contributed by atoms with Gasteiger partial charge in [-0.2, -0.15) is 5.26 Å². The molecule has 0 fully saturated rings. The molecule has 5 heteroatoms. The molecule has 0 bridgehead atoms. The van der Waals surface area contributed by atoms with Gasteiger partial charge in [0.15, 0.2) is 0 Å². The van der Waals surface area contributed by atoms with Crippen molar-refractivity contribution in [2.75, 3.05) is 10.6 Å². The molecule has 0 spiro atoms. The number of nitrogen functional groups attached to an aromatic ring is 1. The van der Waals surface area contributed by atoms with Gasteiger partial charge in [0.2, 0.25) is 0 Å². The zero-order chi connectivity index (χ0) is 32.8. The Labute approximate surface area is 288 Å². The van der Waals surface area contributed by atoms with E-state index in [9.17, 15) is 5.26 Å². The van der Waals surface area contributed by atoms with Crippen molar-refractivity contribution in [3.05, 3.63) is 150 Å². The topological polar surface area (TPSA) is 58.0 Å². The minimum Gasteiger partial charge on any atom is -0.398 e. The first-order chi connectivity index (χ1) is 24.1. The zero-order valence-electron chi connectivity index (χ0n) is 27.0. The Morgan fingerprint density at radius 2 is 1.67 bits per heavy atom. The number of para-hydroxylation sites is 1. The molecule has 3 unspecified atom stereocenters. The number of thiophene rings is 1. The normalized spacial score (nSPS) is 19.0. The Hall–Kier alpha value is -5.83. The summed E-state index contributed by atoms with van der Waals surface area (Å²) in [6.07, 6.45) is 14.5. The number of aromatic nitrogens is 1. The first kappa shape index (κ1) is 28.2. The van der Waals surface area contributed by atoms with Crippen molar-refractivity contribution in [2.45, 2.75) is 31.2 Å². The predicted octanol–water partition coefficient (Wildman–Crippen LogP) is 11.4. The van der Waals surface area contributed by atoms with Gasteiger partial charge in [-0.15, -0.1) is 11.3 Å². The van der Waals surface area contributed by atoms with E-state index in [4.69, 9.17) is 5.73 Å². The Kier molecular flexibility index (Phi) is 6.09. The predicted molar refractivity (Wildman–Crippen MR) is 206 cm³/mol. The van der Waals surface area contributed by atoms with E-state index in [1.807, 2.05) is 23.5 Å². The third-order valence-corrected chi connectivity index (χ3v) is 12.0. The van der Waals surface area contributed by atoms with Gasteiger partial charge in [0, 0.05) is 59.7 Å². The van der Waals surface area contributed by atoms with E-state index in [1.54, 1.807) is 0 Å². The molecule has 49 heavy (non-hydrogen) atoms. The van der Waals surface area contributed by atoms with Crippen LogP contribution in [0, 0.1) is 11.3 Å². The fourth-order valence-electron chi connectivity index (χ4n) is 8.64. The maximum Gasteiger partial charge on any atom is 0.0991 e. The van der Waals surface area contributed by atoms with Crippen LogP contribution in [-0.2, 0) is 0 Å². The van der Waals surface area contributed by atoms with Crippen molar-refractivity contribution >= 4 is 65.6 Å². The molecule has 2 N–H and O–H groups in total. The van der Waals surface area contributed by atoms with Crippen molar-refractivity contribution in [1.29, 1.82) is 5.26 Å². The Morgan fingerprint density at radius 3 is 2.55 bits per heavy atom. The highest BCUT2D eigenvalue weighted by atomic mass is 32.1. The summed E-state index contributed by atoms with van der Waals surface area (Å²) < 4.78 is 5.03. The van der Waals surface area contributed by atoms with Crippen LogP contribution in [0.4, 0.5) is 17.1 Å². The third-order valence-electron chi connectivity index (χ3n) is 10.7. The van der Waals surface area contributed by atoms with Crippen LogP contribution in [-0.4, -0.2) is 10.6 Å². The molecule has 0 radical (unpaired) electrons. The number of fused-ring (bicyclic) bond motifs is 10. The number of hydrogen-bond acceptors (Lipinski definition) is 4. The smallest absolute Gasteiger partial charge is 0.0991 e. The van der Waals surface area contributed by atoms with E-state index < -0.39 is 0 Å². The van der Waals surface area contributed by atoms with E-state index in [1.165, 1.54) is 53.6 Å². The van der Waals surface area contributed by atoms with Crippen LogP contribution in [0.1, 0.15) is 47.6 Å². The van der Waals surface area contributed by atoms with E-state index in [-0.39, 0.29) is 12.0 Å². The highest BCUT2D eigenvalue weighted by Gasteiger charge is 2.39. The minimum atomic E-state index is 0.0922. The van der Waals surface area contributed by atoms with E-state index in [2.05, 4.69) is 144 Å². The summed E-state index contributed by atoms with van der Waals surface area (Å²) in [5.41, 5.74) is 19.2. The lowest BCUT2D eigenvalue weighted by atomic mass is 9.90. The van der Waals surface area contributed by atoms with Crippen molar-refractivity contribution < 1.29 is 0 Å². The molecular weight excluding hydrogens is 617 g/mol. The van der Waals surface area contributed by atoms with E-state index in [0.717, 1.165) is 34.6 Å². The van der Waals surface area contributed by atoms with Crippen molar-refractivity contribution in [3.63, 3.8) is 0 Å². The average Bonchev–Trinajstić information content (AvgIpc) is 3.80. The molecular formula is C44H32N4S. The number of anilines is 3. The fraction of sp³-hybridized carbons (Fsp3) is 0.114. The van der Waals surface area contributed by atoms with Gasteiger partial charge in [0.05, 0.1) is 34.6 Å². The molecule has 5 aromatic carbocycles. The van der Waals surface area contributed by atoms with Crippen molar-refractivity contribution in [1.82, 2.24) is 4.57 Å². The maximum absolute atomic E-state index is 9.73. The van der Waals surface area contributed by atoms with Crippen LogP contribution in [0.15, 0.2) is 127 Å². The number of benzene rings is 5. The number of nitriles is 1. The lowest BCUT2D eigenvalue weighted by Gasteiger charge is -2.31. The van der Waals surface area contributed by atoms with Crippen LogP contribution in [0.3, 0.4) is 0 Å². The number of hydrogen-bond donors (Lipinski definition) is 1. The summed E-state index contributed by atoms with van der Waals surface area (Å²) in [4.78, 5) is 2.43. The SMILES string of the molecule is CC1CC=Cc2c1c1c3sc4c(-c5c(N)cccc5N5c6ccc(C#N)cc6C6C=CC=CC65)cccc4c3ccc1n2-c1ccccc1.